The van der Waals surface area contributed by atoms with Gasteiger partial charge in [-0.15, -0.1) is 0 Å². The second-order valence-corrected chi connectivity index (χ2v) is 7.71. The molecule has 156 valence electrons. The van der Waals surface area contributed by atoms with Crippen LogP contribution in [-0.4, -0.2) is 21.6 Å². The van der Waals surface area contributed by atoms with Crippen molar-refractivity contribution in [2.75, 3.05) is 5.32 Å². The van der Waals surface area contributed by atoms with Crippen molar-refractivity contribution in [2.24, 2.45) is 0 Å². The van der Waals surface area contributed by atoms with Gasteiger partial charge in [-0.25, -0.2) is 4.68 Å². The number of furan rings is 1. The zero-order chi connectivity index (χ0) is 21.8. The molecule has 0 aliphatic heterocycles. The van der Waals surface area contributed by atoms with Crippen LogP contribution in [0.5, 0.6) is 0 Å². The van der Waals surface area contributed by atoms with Crippen LogP contribution in [0.4, 0.5) is 5.69 Å². The SMILES string of the molecule is Cc1c(C(=O)Nc2ccccc2C(=O)NCc2ccco2)cnn1-c1ccc(Br)cc1. The predicted molar refractivity (Wildman–Crippen MR) is 120 cm³/mol. The molecular weight excluding hydrogens is 460 g/mol. The molecule has 2 amide bonds. The molecule has 0 aliphatic carbocycles. The van der Waals surface area contributed by atoms with E-state index in [-0.39, 0.29) is 18.4 Å². The topological polar surface area (TPSA) is 89.2 Å². The van der Waals surface area contributed by atoms with Gasteiger partial charge in [0.1, 0.15) is 5.76 Å². The third-order valence-corrected chi connectivity index (χ3v) is 5.28. The number of nitrogens with zero attached hydrogens (tertiary/aromatic N) is 2. The molecule has 7 nitrogen and oxygen atoms in total. The Hall–Kier alpha value is -3.65. The summed E-state index contributed by atoms with van der Waals surface area (Å²) in [6.45, 7) is 2.08. The van der Waals surface area contributed by atoms with Gasteiger partial charge in [0.25, 0.3) is 11.8 Å². The lowest BCUT2D eigenvalue weighted by Crippen LogP contribution is -2.24. The van der Waals surface area contributed by atoms with Crippen LogP contribution < -0.4 is 10.6 Å². The molecule has 0 radical (unpaired) electrons. The highest BCUT2D eigenvalue weighted by Gasteiger charge is 2.18. The summed E-state index contributed by atoms with van der Waals surface area (Å²) in [5.74, 6) is -0.00688. The van der Waals surface area contributed by atoms with E-state index in [1.165, 1.54) is 6.20 Å². The molecular formula is C23H19BrN4O3. The van der Waals surface area contributed by atoms with E-state index in [4.69, 9.17) is 4.42 Å². The molecule has 8 heteroatoms. The lowest BCUT2D eigenvalue weighted by Gasteiger charge is -2.11. The Morgan fingerprint density at radius 2 is 1.77 bits per heavy atom. The molecule has 0 aliphatic rings. The van der Waals surface area contributed by atoms with Gasteiger partial charge in [-0.2, -0.15) is 5.10 Å². The van der Waals surface area contributed by atoms with Crippen molar-refractivity contribution in [3.05, 3.63) is 100 Å². The molecule has 2 heterocycles. The number of aromatic nitrogens is 2. The van der Waals surface area contributed by atoms with E-state index >= 15 is 0 Å². The molecule has 0 unspecified atom stereocenters. The number of carbonyl (C=O) groups excluding carboxylic acids is 2. The van der Waals surface area contributed by atoms with Crippen LogP contribution in [0.1, 0.15) is 32.2 Å². The summed E-state index contributed by atoms with van der Waals surface area (Å²) in [6.07, 6.45) is 3.07. The molecule has 0 fully saturated rings. The number of nitrogens with one attached hydrogen (secondary N) is 2. The number of anilines is 1. The van der Waals surface area contributed by atoms with Crippen molar-refractivity contribution < 1.29 is 14.0 Å². The van der Waals surface area contributed by atoms with Crippen molar-refractivity contribution in [3.63, 3.8) is 0 Å². The van der Waals surface area contributed by atoms with E-state index < -0.39 is 0 Å². The zero-order valence-corrected chi connectivity index (χ0v) is 18.2. The van der Waals surface area contributed by atoms with Gasteiger partial charge in [0, 0.05) is 4.47 Å². The van der Waals surface area contributed by atoms with Crippen molar-refractivity contribution in [2.45, 2.75) is 13.5 Å². The minimum atomic E-state index is -0.341. The summed E-state index contributed by atoms with van der Waals surface area (Å²) in [7, 11) is 0. The van der Waals surface area contributed by atoms with E-state index in [9.17, 15) is 9.59 Å². The lowest BCUT2D eigenvalue weighted by atomic mass is 10.1. The molecule has 2 aromatic heterocycles. The maximum Gasteiger partial charge on any atom is 0.259 e. The van der Waals surface area contributed by atoms with Gasteiger partial charge in [-0.1, -0.05) is 28.1 Å². The lowest BCUT2D eigenvalue weighted by molar-refractivity contribution is 0.0949. The van der Waals surface area contributed by atoms with Crippen LogP contribution >= 0.6 is 15.9 Å². The van der Waals surface area contributed by atoms with Crippen molar-refractivity contribution in [1.29, 1.82) is 0 Å². The highest BCUT2D eigenvalue weighted by molar-refractivity contribution is 9.10. The third kappa shape index (κ3) is 4.59. The molecule has 0 saturated heterocycles. The van der Waals surface area contributed by atoms with E-state index in [1.807, 2.05) is 31.2 Å². The van der Waals surface area contributed by atoms with E-state index in [2.05, 4.69) is 31.7 Å². The van der Waals surface area contributed by atoms with Gasteiger partial charge < -0.3 is 15.1 Å². The van der Waals surface area contributed by atoms with Gasteiger partial charge >= 0.3 is 0 Å². The zero-order valence-electron chi connectivity index (χ0n) is 16.6. The fraction of sp³-hybridized carbons (Fsp3) is 0.0870. The standard InChI is InChI=1S/C23H19BrN4O3/c1-15-20(14-26-28(15)17-10-8-16(24)9-11-17)23(30)27-21-7-3-2-6-19(21)22(29)25-13-18-5-4-12-31-18/h2-12,14H,13H2,1H3,(H,25,29)(H,27,30). The third-order valence-electron chi connectivity index (χ3n) is 4.75. The Labute approximate surface area is 187 Å². The molecule has 0 saturated carbocycles. The Kier molecular flexibility index (Phi) is 5.99. The number of benzene rings is 2. The van der Waals surface area contributed by atoms with Crippen LogP contribution in [0.25, 0.3) is 5.69 Å². The molecule has 0 bridgehead atoms. The predicted octanol–water partition coefficient (Wildman–Crippen LogP) is 4.72. The number of hydrogen-bond donors (Lipinski definition) is 2. The van der Waals surface area contributed by atoms with Crippen LogP contribution in [0.3, 0.4) is 0 Å². The molecule has 2 N–H and O–H groups in total. The van der Waals surface area contributed by atoms with Gasteiger partial charge in [0.2, 0.25) is 0 Å². The van der Waals surface area contributed by atoms with Crippen LogP contribution in [-0.2, 0) is 6.54 Å². The number of rotatable bonds is 6. The molecule has 0 spiro atoms. The average Bonchev–Trinajstić information content (AvgIpc) is 3.43. The minimum Gasteiger partial charge on any atom is -0.467 e. The number of carbonyl (C=O) groups is 2. The van der Waals surface area contributed by atoms with Crippen LogP contribution in [0.15, 0.2) is 82.0 Å². The maximum atomic E-state index is 12.9. The number of halogens is 1. The van der Waals surface area contributed by atoms with Crippen molar-refractivity contribution >= 4 is 33.4 Å². The first kappa shape index (κ1) is 20.6. The minimum absolute atomic E-state index is 0.257. The van der Waals surface area contributed by atoms with Gasteiger partial charge in [0.15, 0.2) is 0 Å². The van der Waals surface area contributed by atoms with Gasteiger partial charge in [-0.05, 0) is 55.5 Å². The monoisotopic (exact) mass is 478 g/mol. The second kappa shape index (κ2) is 9.01. The van der Waals surface area contributed by atoms with Crippen LogP contribution in [0.2, 0.25) is 0 Å². The average molecular weight is 479 g/mol. The summed E-state index contributed by atoms with van der Waals surface area (Å²) >= 11 is 3.41. The molecule has 31 heavy (non-hydrogen) atoms. The first-order valence-electron chi connectivity index (χ1n) is 9.54. The van der Waals surface area contributed by atoms with Gasteiger partial charge in [0.05, 0.1) is 47.2 Å². The van der Waals surface area contributed by atoms with Crippen molar-refractivity contribution in [1.82, 2.24) is 15.1 Å². The van der Waals surface area contributed by atoms with Crippen molar-refractivity contribution in [3.8, 4) is 5.69 Å². The Bertz CT molecular complexity index is 1210. The Morgan fingerprint density at radius 3 is 2.52 bits per heavy atom. The number of hydrogen-bond acceptors (Lipinski definition) is 4. The van der Waals surface area contributed by atoms with Gasteiger partial charge in [-0.3, -0.25) is 9.59 Å². The number of para-hydroxylation sites is 1. The van der Waals surface area contributed by atoms with E-state index in [0.717, 1.165) is 10.2 Å². The smallest absolute Gasteiger partial charge is 0.259 e. The van der Waals surface area contributed by atoms with E-state index in [0.29, 0.717) is 28.3 Å². The van der Waals surface area contributed by atoms with E-state index in [1.54, 1.807) is 47.3 Å². The summed E-state index contributed by atoms with van der Waals surface area (Å²) < 4.78 is 7.89. The summed E-state index contributed by atoms with van der Waals surface area (Å²) in [6, 6.07) is 18.0. The Morgan fingerprint density at radius 1 is 1.00 bits per heavy atom. The summed E-state index contributed by atoms with van der Waals surface area (Å²) in [5.41, 5.74) is 2.74. The Balaban J connectivity index is 1.51. The molecule has 4 rings (SSSR count). The highest BCUT2D eigenvalue weighted by atomic mass is 79.9. The quantitative estimate of drug-likeness (QED) is 0.419. The maximum absolute atomic E-state index is 12.9. The fourth-order valence-electron chi connectivity index (χ4n) is 3.13. The second-order valence-electron chi connectivity index (χ2n) is 6.79. The summed E-state index contributed by atoms with van der Waals surface area (Å²) in [5, 5.41) is 9.97. The van der Waals surface area contributed by atoms with Crippen LogP contribution in [0, 0.1) is 6.92 Å². The summed E-state index contributed by atoms with van der Waals surface area (Å²) in [4.78, 5) is 25.6. The molecule has 4 aromatic rings. The molecule has 2 aromatic carbocycles. The largest absolute Gasteiger partial charge is 0.467 e. The molecule has 0 atom stereocenters. The fourth-order valence-corrected chi connectivity index (χ4v) is 3.40. The highest BCUT2D eigenvalue weighted by Crippen LogP contribution is 2.20. The normalized spacial score (nSPS) is 10.6. The first-order chi connectivity index (χ1) is 15.0. The first-order valence-corrected chi connectivity index (χ1v) is 10.3. The number of amides is 2.